The first-order valence-electron chi connectivity index (χ1n) is 18.5. The average Bonchev–Trinajstić information content (AvgIpc) is 3.64. The molecule has 2 aromatic heterocycles. The molecule has 0 atom stereocenters. The van der Waals surface area contributed by atoms with Crippen LogP contribution in [0.25, 0.3) is 111 Å². The van der Waals surface area contributed by atoms with Crippen molar-refractivity contribution in [1.29, 1.82) is 0 Å². The highest BCUT2D eigenvalue weighted by molar-refractivity contribution is 6.10. The molecular weight excluding hydrogens is 671 g/mol. The second-order valence-corrected chi connectivity index (χ2v) is 13.9. The number of nitrogens with zero attached hydrogens (tertiary/aromatic N) is 3. The van der Waals surface area contributed by atoms with Crippen molar-refractivity contribution in [3.63, 3.8) is 0 Å². The van der Waals surface area contributed by atoms with Gasteiger partial charge < -0.3 is 4.42 Å². The van der Waals surface area contributed by atoms with E-state index in [1.54, 1.807) is 0 Å². The van der Waals surface area contributed by atoms with Crippen LogP contribution in [0, 0.1) is 0 Å². The number of fused-ring (bicyclic) bond motifs is 6. The number of hydrogen-bond acceptors (Lipinski definition) is 4. The third kappa shape index (κ3) is 5.19. The van der Waals surface area contributed by atoms with Gasteiger partial charge in [-0.25, -0.2) is 15.0 Å². The number of hydrogen-bond donors (Lipinski definition) is 0. The fourth-order valence-corrected chi connectivity index (χ4v) is 8.16. The molecule has 0 unspecified atom stereocenters. The Labute approximate surface area is 317 Å². The zero-order chi connectivity index (χ0) is 36.3. The van der Waals surface area contributed by atoms with E-state index >= 15 is 0 Å². The molecule has 11 rings (SSSR count). The summed E-state index contributed by atoms with van der Waals surface area (Å²) in [6.45, 7) is 0. The summed E-state index contributed by atoms with van der Waals surface area (Å²) in [5, 5.41) is 9.02. The van der Waals surface area contributed by atoms with Crippen LogP contribution in [0.4, 0.5) is 0 Å². The van der Waals surface area contributed by atoms with Crippen molar-refractivity contribution in [2.45, 2.75) is 0 Å². The van der Waals surface area contributed by atoms with E-state index < -0.39 is 0 Å². The predicted octanol–water partition coefficient (Wildman–Crippen LogP) is 13.6. The molecule has 4 nitrogen and oxygen atoms in total. The summed E-state index contributed by atoms with van der Waals surface area (Å²) < 4.78 is 6.56. The van der Waals surface area contributed by atoms with E-state index in [4.69, 9.17) is 19.4 Å². The number of rotatable bonds is 5. The van der Waals surface area contributed by atoms with E-state index in [9.17, 15) is 0 Å². The molecule has 55 heavy (non-hydrogen) atoms. The van der Waals surface area contributed by atoms with Crippen molar-refractivity contribution in [2.75, 3.05) is 0 Å². The standard InChI is InChI=1S/C51H31N3O/c1-4-20-37-32(13-1)16-10-24-39(37)35-18-9-19-36(31-35)49-52-50(45-27-12-26-44-42-23-7-8-28-46(42)55-48(44)45)54-51(53-49)47-40-22-6-3-15-34(40)29-30-43(47)41-25-11-17-33-14-2-5-21-38(33)41/h1-31H. The Morgan fingerprint density at radius 3 is 1.64 bits per heavy atom. The van der Waals surface area contributed by atoms with Gasteiger partial charge in [-0.05, 0) is 72.8 Å². The van der Waals surface area contributed by atoms with Gasteiger partial charge in [0.25, 0.3) is 0 Å². The molecule has 0 aliphatic carbocycles. The van der Waals surface area contributed by atoms with E-state index in [1.165, 1.54) is 21.5 Å². The zero-order valence-electron chi connectivity index (χ0n) is 29.6. The fourth-order valence-electron chi connectivity index (χ4n) is 8.16. The molecule has 0 bridgehead atoms. The summed E-state index contributed by atoms with van der Waals surface area (Å²) in [7, 11) is 0. The van der Waals surface area contributed by atoms with Crippen molar-refractivity contribution < 1.29 is 4.42 Å². The first kappa shape index (κ1) is 31.1. The molecule has 0 radical (unpaired) electrons. The minimum Gasteiger partial charge on any atom is -0.455 e. The average molecular weight is 702 g/mol. The van der Waals surface area contributed by atoms with Gasteiger partial charge in [-0.3, -0.25) is 0 Å². The first-order chi connectivity index (χ1) is 27.3. The third-order valence-corrected chi connectivity index (χ3v) is 10.7. The van der Waals surface area contributed by atoms with Crippen LogP contribution in [0.3, 0.4) is 0 Å². The van der Waals surface area contributed by atoms with Crippen LogP contribution < -0.4 is 0 Å². The van der Waals surface area contributed by atoms with Gasteiger partial charge in [0, 0.05) is 21.9 Å². The molecule has 0 aliphatic rings. The summed E-state index contributed by atoms with van der Waals surface area (Å²) in [6, 6.07) is 65.8. The normalized spacial score (nSPS) is 11.6. The molecule has 9 aromatic carbocycles. The molecule has 0 saturated carbocycles. The Hall–Kier alpha value is -7.43. The molecule has 11 aromatic rings. The van der Waals surface area contributed by atoms with Gasteiger partial charge in [0.15, 0.2) is 17.5 Å². The second kappa shape index (κ2) is 12.6. The molecule has 0 fully saturated rings. The number of aromatic nitrogens is 3. The van der Waals surface area contributed by atoms with Crippen molar-refractivity contribution in [3.8, 4) is 56.4 Å². The van der Waals surface area contributed by atoms with Crippen LogP contribution in [-0.4, -0.2) is 15.0 Å². The molecule has 0 amide bonds. The molecule has 2 heterocycles. The van der Waals surface area contributed by atoms with Crippen LogP contribution >= 0.6 is 0 Å². The number of para-hydroxylation sites is 2. The molecular formula is C51H31N3O. The number of benzene rings is 9. The quantitative estimate of drug-likeness (QED) is 0.179. The SMILES string of the molecule is c1cc(-c2nc(-c3c(-c4cccc5ccccc45)ccc4ccccc34)nc(-c3cccc4c3oc3ccccc34)n2)cc(-c2cccc3ccccc23)c1. The zero-order valence-corrected chi connectivity index (χ0v) is 29.6. The fraction of sp³-hybridized carbons (Fsp3) is 0. The largest absolute Gasteiger partial charge is 0.455 e. The van der Waals surface area contributed by atoms with Crippen molar-refractivity contribution in [2.24, 2.45) is 0 Å². The highest BCUT2D eigenvalue weighted by atomic mass is 16.3. The lowest BCUT2D eigenvalue weighted by molar-refractivity contribution is 0.669. The Morgan fingerprint density at radius 1 is 0.309 bits per heavy atom. The van der Waals surface area contributed by atoms with E-state index in [0.29, 0.717) is 17.5 Å². The van der Waals surface area contributed by atoms with E-state index in [-0.39, 0.29) is 0 Å². The van der Waals surface area contributed by atoms with Gasteiger partial charge in [0.1, 0.15) is 11.2 Å². The lowest BCUT2D eigenvalue weighted by Crippen LogP contribution is -2.02. The Bertz CT molecular complexity index is 3280. The van der Waals surface area contributed by atoms with E-state index in [2.05, 4.69) is 170 Å². The van der Waals surface area contributed by atoms with Crippen molar-refractivity contribution in [1.82, 2.24) is 15.0 Å². The highest BCUT2D eigenvalue weighted by Crippen LogP contribution is 2.42. The smallest absolute Gasteiger partial charge is 0.167 e. The minimum absolute atomic E-state index is 0.553. The molecule has 256 valence electrons. The van der Waals surface area contributed by atoms with Gasteiger partial charge >= 0.3 is 0 Å². The van der Waals surface area contributed by atoms with Crippen LogP contribution in [0.1, 0.15) is 0 Å². The Balaban J connectivity index is 1.21. The molecule has 0 saturated heterocycles. The molecule has 0 N–H and O–H groups in total. The minimum atomic E-state index is 0.553. The Kier molecular flexibility index (Phi) is 7.14. The van der Waals surface area contributed by atoms with Crippen molar-refractivity contribution >= 4 is 54.3 Å². The van der Waals surface area contributed by atoms with Crippen LogP contribution in [-0.2, 0) is 0 Å². The molecule has 0 spiro atoms. The van der Waals surface area contributed by atoms with Gasteiger partial charge in [0.05, 0.1) is 5.56 Å². The summed E-state index contributed by atoms with van der Waals surface area (Å²) >= 11 is 0. The van der Waals surface area contributed by atoms with Gasteiger partial charge in [-0.2, -0.15) is 0 Å². The lowest BCUT2D eigenvalue weighted by atomic mass is 9.90. The van der Waals surface area contributed by atoms with Crippen molar-refractivity contribution in [3.05, 3.63) is 188 Å². The van der Waals surface area contributed by atoms with Crippen LogP contribution in [0.5, 0.6) is 0 Å². The van der Waals surface area contributed by atoms with Gasteiger partial charge in [-0.1, -0.05) is 170 Å². The van der Waals surface area contributed by atoms with Gasteiger partial charge in [-0.15, -0.1) is 0 Å². The topological polar surface area (TPSA) is 51.8 Å². The lowest BCUT2D eigenvalue weighted by Gasteiger charge is -2.16. The maximum absolute atomic E-state index is 6.56. The van der Waals surface area contributed by atoms with E-state index in [1.807, 2.05) is 18.2 Å². The van der Waals surface area contributed by atoms with Gasteiger partial charge in [0.2, 0.25) is 0 Å². The van der Waals surface area contributed by atoms with E-state index in [0.717, 1.165) is 71.7 Å². The second-order valence-electron chi connectivity index (χ2n) is 13.9. The summed E-state index contributed by atoms with van der Waals surface area (Å²) in [4.78, 5) is 16.0. The summed E-state index contributed by atoms with van der Waals surface area (Å²) in [6.07, 6.45) is 0. The molecule has 4 heteroatoms. The third-order valence-electron chi connectivity index (χ3n) is 10.7. The molecule has 0 aliphatic heterocycles. The summed E-state index contributed by atoms with van der Waals surface area (Å²) in [5.74, 6) is 1.74. The van der Waals surface area contributed by atoms with Crippen LogP contribution in [0.2, 0.25) is 0 Å². The summed E-state index contributed by atoms with van der Waals surface area (Å²) in [5.41, 5.74) is 8.70. The van der Waals surface area contributed by atoms with Crippen LogP contribution in [0.15, 0.2) is 192 Å². The maximum atomic E-state index is 6.56. The first-order valence-corrected chi connectivity index (χ1v) is 18.5. The maximum Gasteiger partial charge on any atom is 0.167 e. The number of furan rings is 1. The predicted molar refractivity (Wildman–Crippen MR) is 227 cm³/mol. The monoisotopic (exact) mass is 701 g/mol. The Morgan fingerprint density at radius 2 is 0.836 bits per heavy atom. The highest BCUT2D eigenvalue weighted by Gasteiger charge is 2.22.